The topological polar surface area (TPSA) is 12.0 Å². The number of halogens is 4. The maximum absolute atomic E-state index is 11.8. The molecule has 1 fully saturated rings. The molecule has 1 saturated heterocycles. The van der Waals surface area contributed by atoms with Crippen LogP contribution in [0.2, 0.25) is 0 Å². The molecule has 0 spiro atoms. The molecule has 0 unspecified atom stereocenters. The van der Waals surface area contributed by atoms with Gasteiger partial charge in [-0.1, -0.05) is 0 Å². The Labute approximate surface area is 79.9 Å². The zero-order valence-electron chi connectivity index (χ0n) is 6.36. The van der Waals surface area contributed by atoms with E-state index < -0.39 is 5.51 Å². The molecule has 0 aromatic carbocycles. The first-order valence-corrected chi connectivity index (χ1v) is 4.41. The molecule has 6 heteroatoms. The predicted molar refractivity (Wildman–Crippen MR) is 46.8 cm³/mol. The van der Waals surface area contributed by atoms with E-state index in [4.69, 9.17) is 0 Å². The number of thioether (sulfide) groups is 1. The van der Waals surface area contributed by atoms with E-state index in [1.165, 1.54) is 0 Å². The lowest BCUT2D eigenvalue weighted by Crippen LogP contribution is -2.30. The summed E-state index contributed by atoms with van der Waals surface area (Å²) in [5.74, 6) is 0. The molecule has 1 nitrogen and oxygen atoms in total. The van der Waals surface area contributed by atoms with Crippen LogP contribution in [0.1, 0.15) is 12.8 Å². The van der Waals surface area contributed by atoms with Gasteiger partial charge in [-0.2, -0.15) is 13.2 Å². The van der Waals surface area contributed by atoms with Crippen LogP contribution >= 0.6 is 24.2 Å². The number of alkyl halides is 3. The van der Waals surface area contributed by atoms with E-state index in [0.29, 0.717) is 25.9 Å². The summed E-state index contributed by atoms with van der Waals surface area (Å²) in [6, 6.07) is 0. The molecule has 12 heavy (non-hydrogen) atoms. The van der Waals surface area contributed by atoms with Gasteiger partial charge in [-0.05, 0) is 37.7 Å². The van der Waals surface area contributed by atoms with E-state index in [9.17, 15) is 13.2 Å². The lowest BCUT2D eigenvalue weighted by molar-refractivity contribution is -0.0335. The van der Waals surface area contributed by atoms with Crippen molar-refractivity contribution in [2.45, 2.75) is 23.6 Å². The Kier molecular flexibility index (Phi) is 5.36. The van der Waals surface area contributed by atoms with Crippen molar-refractivity contribution in [3.8, 4) is 0 Å². The number of hydrogen-bond donors (Lipinski definition) is 1. The van der Waals surface area contributed by atoms with Crippen LogP contribution in [0.25, 0.3) is 0 Å². The first kappa shape index (κ1) is 12.4. The summed E-state index contributed by atoms with van der Waals surface area (Å²) >= 11 is 0.138. The van der Waals surface area contributed by atoms with Gasteiger partial charge in [0.15, 0.2) is 0 Å². The third kappa shape index (κ3) is 5.11. The van der Waals surface area contributed by atoms with E-state index in [0.717, 1.165) is 0 Å². The Balaban J connectivity index is 0.00000121. The first-order chi connectivity index (χ1) is 5.08. The summed E-state index contributed by atoms with van der Waals surface area (Å²) in [4.78, 5) is 0. The Bertz CT molecular complexity index is 124. The van der Waals surface area contributed by atoms with Gasteiger partial charge >= 0.3 is 5.51 Å². The maximum Gasteiger partial charge on any atom is 0.442 e. The van der Waals surface area contributed by atoms with Crippen LogP contribution in [0.15, 0.2) is 0 Å². The number of rotatable bonds is 1. The van der Waals surface area contributed by atoms with Gasteiger partial charge < -0.3 is 5.32 Å². The molecule has 1 N–H and O–H groups in total. The summed E-state index contributed by atoms with van der Waals surface area (Å²) in [6.45, 7) is 1.43. The van der Waals surface area contributed by atoms with Gasteiger partial charge in [-0.25, -0.2) is 0 Å². The average Bonchev–Trinajstić information content (AvgIpc) is 1.85. The molecule has 0 bridgehead atoms. The molecular formula is C6H11ClF3NS. The van der Waals surface area contributed by atoms with E-state index >= 15 is 0 Å². The molecule has 1 aliphatic heterocycles. The van der Waals surface area contributed by atoms with E-state index in [1.807, 2.05) is 0 Å². The van der Waals surface area contributed by atoms with Crippen LogP contribution in [-0.4, -0.2) is 23.8 Å². The van der Waals surface area contributed by atoms with Crippen molar-refractivity contribution in [2.75, 3.05) is 13.1 Å². The second-order valence-electron chi connectivity index (χ2n) is 2.51. The summed E-state index contributed by atoms with van der Waals surface area (Å²) in [6.07, 6.45) is 1.26. The molecule has 0 aliphatic carbocycles. The molecule has 1 aliphatic rings. The minimum absolute atomic E-state index is 0. The lowest BCUT2D eigenvalue weighted by atomic mass is 10.2. The zero-order valence-corrected chi connectivity index (χ0v) is 7.99. The van der Waals surface area contributed by atoms with Gasteiger partial charge in [0.05, 0.1) is 0 Å². The lowest BCUT2D eigenvalue weighted by Gasteiger charge is -2.22. The summed E-state index contributed by atoms with van der Waals surface area (Å²) in [5, 5.41) is 2.79. The van der Waals surface area contributed by atoms with Crippen LogP contribution < -0.4 is 5.32 Å². The maximum atomic E-state index is 11.8. The normalized spacial score (nSPS) is 20.2. The summed E-state index contributed by atoms with van der Waals surface area (Å²) in [5.41, 5.74) is -4.05. The Hall–Kier alpha value is 0.390. The van der Waals surface area contributed by atoms with Crippen LogP contribution in [0, 0.1) is 0 Å². The third-order valence-electron chi connectivity index (χ3n) is 1.59. The second kappa shape index (κ2) is 5.19. The molecule has 0 saturated carbocycles. The highest BCUT2D eigenvalue weighted by molar-refractivity contribution is 8.00. The van der Waals surface area contributed by atoms with E-state index in [2.05, 4.69) is 5.32 Å². The standard InChI is InChI=1S/C6H10F3NS.ClH/c7-6(8,9)11-5-1-3-10-4-2-5;/h5,10H,1-4H2;1H. The van der Waals surface area contributed by atoms with Crippen molar-refractivity contribution in [3.63, 3.8) is 0 Å². The highest BCUT2D eigenvalue weighted by atomic mass is 35.5. The largest absolute Gasteiger partial charge is 0.442 e. The molecule has 0 atom stereocenters. The number of hydrogen-bond acceptors (Lipinski definition) is 2. The fourth-order valence-electron chi connectivity index (χ4n) is 1.10. The van der Waals surface area contributed by atoms with Crippen molar-refractivity contribution in [1.29, 1.82) is 0 Å². The summed E-state index contributed by atoms with van der Waals surface area (Å²) < 4.78 is 35.3. The van der Waals surface area contributed by atoms with E-state index in [-0.39, 0.29) is 29.4 Å². The minimum atomic E-state index is -4.05. The molecule has 0 aromatic rings. The second-order valence-corrected chi connectivity index (χ2v) is 3.88. The van der Waals surface area contributed by atoms with Crippen LogP contribution in [0.5, 0.6) is 0 Å². The number of nitrogens with one attached hydrogen (secondary N) is 1. The van der Waals surface area contributed by atoms with Gasteiger partial charge in [0, 0.05) is 5.25 Å². The zero-order chi connectivity index (χ0) is 8.32. The van der Waals surface area contributed by atoms with Crippen molar-refractivity contribution in [1.82, 2.24) is 5.32 Å². The smallest absolute Gasteiger partial charge is 0.317 e. The fourth-order valence-corrected chi connectivity index (χ4v) is 1.95. The first-order valence-electron chi connectivity index (χ1n) is 3.53. The Morgan fingerprint density at radius 3 is 2.08 bits per heavy atom. The number of piperidine rings is 1. The quantitative estimate of drug-likeness (QED) is 0.730. The van der Waals surface area contributed by atoms with Crippen molar-refractivity contribution < 1.29 is 13.2 Å². The van der Waals surface area contributed by atoms with Gasteiger partial charge in [0.1, 0.15) is 0 Å². The van der Waals surface area contributed by atoms with Crippen molar-refractivity contribution >= 4 is 24.2 Å². The highest BCUT2D eigenvalue weighted by Gasteiger charge is 2.33. The predicted octanol–water partition coefficient (Wildman–Crippen LogP) is 2.41. The van der Waals surface area contributed by atoms with Gasteiger partial charge in [-0.15, -0.1) is 12.4 Å². The SMILES string of the molecule is Cl.FC(F)(F)SC1CCNCC1. The minimum Gasteiger partial charge on any atom is -0.317 e. The molecular weight excluding hydrogens is 211 g/mol. The molecule has 1 heterocycles. The average molecular weight is 222 g/mol. The monoisotopic (exact) mass is 221 g/mol. The van der Waals surface area contributed by atoms with Crippen molar-refractivity contribution in [3.05, 3.63) is 0 Å². The Morgan fingerprint density at radius 2 is 1.67 bits per heavy atom. The van der Waals surface area contributed by atoms with Crippen molar-refractivity contribution in [2.24, 2.45) is 0 Å². The van der Waals surface area contributed by atoms with Gasteiger partial charge in [0.25, 0.3) is 0 Å². The van der Waals surface area contributed by atoms with Crippen LogP contribution in [0.4, 0.5) is 13.2 Å². The molecule has 0 amide bonds. The molecule has 74 valence electrons. The Morgan fingerprint density at radius 1 is 1.17 bits per heavy atom. The molecule has 1 rings (SSSR count). The van der Waals surface area contributed by atoms with Gasteiger partial charge in [-0.3, -0.25) is 0 Å². The van der Waals surface area contributed by atoms with E-state index in [1.54, 1.807) is 0 Å². The van der Waals surface area contributed by atoms with Gasteiger partial charge in [0.2, 0.25) is 0 Å². The highest BCUT2D eigenvalue weighted by Crippen LogP contribution is 2.36. The van der Waals surface area contributed by atoms with Crippen LogP contribution in [0.3, 0.4) is 0 Å². The molecule has 0 aromatic heterocycles. The summed E-state index contributed by atoms with van der Waals surface area (Å²) in [7, 11) is 0. The van der Waals surface area contributed by atoms with Crippen LogP contribution in [-0.2, 0) is 0 Å². The molecule has 0 radical (unpaired) electrons. The fraction of sp³-hybridized carbons (Fsp3) is 1.00. The third-order valence-corrected chi connectivity index (χ3v) is 2.66.